The van der Waals surface area contributed by atoms with Gasteiger partial charge < -0.3 is 10.8 Å². The Morgan fingerprint density at radius 2 is 2.20 bits per heavy atom. The number of hydrogen-bond acceptors (Lipinski definition) is 2. The molecule has 0 rings (SSSR count). The van der Waals surface area contributed by atoms with Crippen LogP contribution in [-0.4, -0.2) is 17.1 Å². The number of rotatable bonds is 4. The highest BCUT2D eigenvalue weighted by Gasteiger charge is 2.19. The molecule has 0 aliphatic heterocycles. The van der Waals surface area contributed by atoms with Gasteiger partial charge in [0, 0.05) is 6.04 Å². The molecule has 0 saturated heterocycles. The second kappa shape index (κ2) is 4.28. The largest absolute Gasteiger partial charge is 0.481 e. The van der Waals surface area contributed by atoms with E-state index in [1.165, 1.54) is 0 Å². The van der Waals surface area contributed by atoms with Crippen molar-refractivity contribution in [3.8, 4) is 0 Å². The number of carbonyl (C=O) groups is 1. The molecule has 0 aromatic carbocycles. The molecule has 0 aliphatic rings. The van der Waals surface area contributed by atoms with Crippen molar-refractivity contribution in [2.24, 2.45) is 11.7 Å². The van der Waals surface area contributed by atoms with Crippen LogP contribution in [0, 0.1) is 5.92 Å². The fourth-order valence-electron chi connectivity index (χ4n) is 0.922. The molecule has 0 heterocycles. The molecule has 0 saturated carbocycles. The Balaban J connectivity index is 3.85. The van der Waals surface area contributed by atoms with Gasteiger partial charge in [-0.2, -0.15) is 0 Å². The minimum atomic E-state index is -0.781. The van der Waals surface area contributed by atoms with Crippen LogP contribution in [-0.2, 0) is 4.79 Å². The molecule has 2 unspecified atom stereocenters. The zero-order valence-electron chi connectivity index (χ0n) is 6.50. The lowest BCUT2D eigenvalue weighted by molar-refractivity contribution is -0.142. The Kier molecular flexibility index (Phi) is 4.03. The van der Waals surface area contributed by atoms with Crippen LogP contribution < -0.4 is 5.73 Å². The van der Waals surface area contributed by atoms with Gasteiger partial charge in [0.05, 0.1) is 5.92 Å². The summed E-state index contributed by atoms with van der Waals surface area (Å²) in [7, 11) is 0. The molecule has 10 heavy (non-hydrogen) atoms. The predicted molar refractivity (Wildman–Crippen MR) is 39.7 cm³/mol. The summed E-state index contributed by atoms with van der Waals surface area (Å²) in [4.78, 5) is 10.5. The van der Waals surface area contributed by atoms with Crippen molar-refractivity contribution in [2.75, 3.05) is 0 Å². The molecule has 0 spiro atoms. The Morgan fingerprint density at radius 1 is 1.70 bits per heavy atom. The van der Waals surface area contributed by atoms with Crippen LogP contribution in [0.4, 0.5) is 0 Å². The maximum absolute atomic E-state index is 10.5. The zero-order valence-corrected chi connectivity index (χ0v) is 6.50. The first-order valence-electron chi connectivity index (χ1n) is 3.58. The molecule has 0 amide bonds. The van der Waals surface area contributed by atoms with Crippen molar-refractivity contribution < 1.29 is 9.90 Å². The first-order chi connectivity index (χ1) is 4.59. The van der Waals surface area contributed by atoms with E-state index in [-0.39, 0.29) is 12.0 Å². The van der Waals surface area contributed by atoms with Crippen LogP contribution in [0.5, 0.6) is 0 Å². The zero-order chi connectivity index (χ0) is 8.15. The standard InChI is InChI=1S/C7H15NO2/c1-3-4-6(5(2)8)7(9)10/h5-6H,3-4,8H2,1-2H3,(H,9,10). The fourth-order valence-corrected chi connectivity index (χ4v) is 0.922. The fraction of sp³-hybridized carbons (Fsp3) is 0.857. The molecule has 0 bridgehead atoms. The monoisotopic (exact) mass is 145 g/mol. The molecule has 0 aromatic heterocycles. The van der Waals surface area contributed by atoms with Crippen LogP contribution in [0.15, 0.2) is 0 Å². The number of nitrogens with two attached hydrogens (primary N) is 1. The third kappa shape index (κ3) is 2.82. The van der Waals surface area contributed by atoms with Gasteiger partial charge in [0.1, 0.15) is 0 Å². The van der Waals surface area contributed by atoms with E-state index in [1.807, 2.05) is 6.92 Å². The minimum absolute atomic E-state index is 0.238. The van der Waals surface area contributed by atoms with Crippen LogP contribution in [0.1, 0.15) is 26.7 Å². The number of carboxylic acids is 1. The average Bonchev–Trinajstić information content (AvgIpc) is 1.81. The van der Waals surface area contributed by atoms with Crippen molar-refractivity contribution in [1.82, 2.24) is 0 Å². The van der Waals surface area contributed by atoms with Gasteiger partial charge in [-0.1, -0.05) is 13.3 Å². The van der Waals surface area contributed by atoms with Gasteiger partial charge in [-0.25, -0.2) is 0 Å². The predicted octanol–water partition coefficient (Wildman–Crippen LogP) is 0.835. The van der Waals surface area contributed by atoms with E-state index in [4.69, 9.17) is 10.8 Å². The van der Waals surface area contributed by atoms with Gasteiger partial charge in [0.15, 0.2) is 0 Å². The van der Waals surface area contributed by atoms with Crippen LogP contribution in [0.3, 0.4) is 0 Å². The summed E-state index contributed by atoms with van der Waals surface area (Å²) in [5.74, 6) is -1.15. The van der Waals surface area contributed by atoms with Gasteiger partial charge in [-0.15, -0.1) is 0 Å². The summed E-state index contributed by atoms with van der Waals surface area (Å²) in [6, 6.07) is -0.238. The molecule has 0 radical (unpaired) electrons. The Hall–Kier alpha value is -0.570. The minimum Gasteiger partial charge on any atom is -0.481 e. The Labute approximate surface area is 61.2 Å². The van der Waals surface area contributed by atoms with Crippen molar-refractivity contribution in [3.05, 3.63) is 0 Å². The van der Waals surface area contributed by atoms with Gasteiger partial charge in [-0.3, -0.25) is 4.79 Å². The van der Waals surface area contributed by atoms with Crippen LogP contribution >= 0.6 is 0 Å². The second-order valence-electron chi connectivity index (χ2n) is 2.59. The smallest absolute Gasteiger partial charge is 0.308 e. The normalized spacial score (nSPS) is 16.3. The van der Waals surface area contributed by atoms with Gasteiger partial charge in [-0.05, 0) is 13.3 Å². The van der Waals surface area contributed by atoms with Crippen LogP contribution in [0.25, 0.3) is 0 Å². The summed E-state index contributed by atoms with van der Waals surface area (Å²) >= 11 is 0. The van der Waals surface area contributed by atoms with Gasteiger partial charge in [0.25, 0.3) is 0 Å². The third-order valence-electron chi connectivity index (χ3n) is 1.55. The van der Waals surface area contributed by atoms with Crippen molar-refractivity contribution in [3.63, 3.8) is 0 Å². The Bertz CT molecular complexity index is 112. The van der Waals surface area contributed by atoms with E-state index in [0.29, 0.717) is 6.42 Å². The SMILES string of the molecule is CCCC(C(=O)O)C(C)N. The molecule has 3 N–H and O–H groups in total. The molecule has 3 heteroatoms. The van der Waals surface area contributed by atoms with Gasteiger partial charge >= 0.3 is 5.97 Å². The highest BCUT2D eigenvalue weighted by atomic mass is 16.4. The summed E-state index contributed by atoms with van der Waals surface area (Å²) in [5, 5.41) is 8.59. The van der Waals surface area contributed by atoms with E-state index in [9.17, 15) is 4.79 Å². The van der Waals surface area contributed by atoms with Crippen molar-refractivity contribution in [1.29, 1.82) is 0 Å². The molecular weight excluding hydrogens is 130 g/mol. The molecule has 3 nitrogen and oxygen atoms in total. The maximum Gasteiger partial charge on any atom is 0.308 e. The quantitative estimate of drug-likeness (QED) is 0.616. The molecule has 0 fully saturated rings. The topological polar surface area (TPSA) is 63.3 Å². The van der Waals surface area contributed by atoms with Crippen LogP contribution in [0.2, 0.25) is 0 Å². The van der Waals surface area contributed by atoms with E-state index < -0.39 is 5.97 Å². The van der Waals surface area contributed by atoms with E-state index in [0.717, 1.165) is 6.42 Å². The molecule has 2 atom stereocenters. The average molecular weight is 145 g/mol. The van der Waals surface area contributed by atoms with Crippen molar-refractivity contribution >= 4 is 5.97 Å². The summed E-state index contributed by atoms with van der Waals surface area (Å²) in [5.41, 5.74) is 5.44. The summed E-state index contributed by atoms with van der Waals surface area (Å²) in [6.45, 7) is 3.69. The molecule has 60 valence electrons. The molecule has 0 aromatic rings. The number of hydrogen-bond donors (Lipinski definition) is 2. The van der Waals surface area contributed by atoms with E-state index in [2.05, 4.69) is 0 Å². The molecule has 0 aliphatic carbocycles. The summed E-state index contributed by atoms with van der Waals surface area (Å²) < 4.78 is 0. The summed E-state index contributed by atoms with van der Waals surface area (Å²) in [6.07, 6.45) is 1.55. The van der Waals surface area contributed by atoms with E-state index in [1.54, 1.807) is 6.92 Å². The lowest BCUT2D eigenvalue weighted by Gasteiger charge is -2.14. The first-order valence-corrected chi connectivity index (χ1v) is 3.58. The Morgan fingerprint density at radius 3 is 2.30 bits per heavy atom. The van der Waals surface area contributed by atoms with Crippen molar-refractivity contribution in [2.45, 2.75) is 32.7 Å². The van der Waals surface area contributed by atoms with Gasteiger partial charge in [0.2, 0.25) is 0 Å². The number of aliphatic carboxylic acids is 1. The second-order valence-corrected chi connectivity index (χ2v) is 2.59. The third-order valence-corrected chi connectivity index (χ3v) is 1.55. The van der Waals surface area contributed by atoms with E-state index >= 15 is 0 Å². The lowest BCUT2D eigenvalue weighted by atomic mass is 9.97. The lowest BCUT2D eigenvalue weighted by Crippen LogP contribution is -2.32. The highest BCUT2D eigenvalue weighted by Crippen LogP contribution is 2.09. The first kappa shape index (κ1) is 9.43. The number of carboxylic acid groups (broad SMARTS) is 1. The highest BCUT2D eigenvalue weighted by molar-refractivity contribution is 5.70. The molecular formula is C7H15NO2. The maximum atomic E-state index is 10.5.